The summed E-state index contributed by atoms with van der Waals surface area (Å²) in [6, 6.07) is 6.79. The minimum absolute atomic E-state index is 0.0692. The number of rotatable bonds is 5. The van der Waals surface area contributed by atoms with Gasteiger partial charge in [-0.1, -0.05) is 38.3 Å². The Kier molecular flexibility index (Phi) is 5.56. The lowest BCUT2D eigenvalue weighted by Crippen LogP contribution is -2.40. The van der Waals surface area contributed by atoms with Crippen LogP contribution in [-0.4, -0.2) is 45.2 Å². The summed E-state index contributed by atoms with van der Waals surface area (Å²) >= 11 is 0. The van der Waals surface area contributed by atoms with Crippen LogP contribution >= 0.6 is 0 Å². The molecule has 1 atom stereocenters. The third-order valence-corrected chi connectivity index (χ3v) is 9.28. The first-order valence-corrected chi connectivity index (χ1v) is 12.4. The number of hydrogen-bond acceptors (Lipinski definition) is 4. The number of sulfonamides is 1. The molecule has 0 radical (unpaired) electrons. The molecule has 1 aromatic rings. The fourth-order valence-electron chi connectivity index (χ4n) is 4.11. The molecule has 2 fully saturated rings. The lowest BCUT2D eigenvalue weighted by Gasteiger charge is -2.26. The van der Waals surface area contributed by atoms with Gasteiger partial charge < -0.3 is 0 Å². The number of sulfone groups is 1. The smallest absolute Gasteiger partial charge is 0.229 e. The van der Waals surface area contributed by atoms with E-state index in [0.717, 1.165) is 0 Å². The van der Waals surface area contributed by atoms with Crippen LogP contribution in [0.1, 0.15) is 56.9 Å². The molecule has 2 aliphatic rings. The molecule has 0 N–H and O–H groups in total. The molecule has 5 nitrogen and oxygen atoms in total. The molecule has 1 heterocycles. The van der Waals surface area contributed by atoms with Crippen LogP contribution in [0.15, 0.2) is 29.2 Å². The van der Waals surface area contributed by atoms with Crippen molar-refractivity contribution in [1.82, 2.24) is 4.31 Å². The predicted octanol–water partition coefficient (Wildman–Crippen LogP) is 2.93. The normalized spacial score (nSPS) is 24.6. The number of benzene rings is 1. The van der Waals surface area contributed by atoms with Crippen molar-refractivity contribution in [3.63, 3.8) is 0 Å². The molecule has 0 amide bonds. The van der Waals surface area contributed by atoms with E-state index in [0.29, 0.717) is 12.3 Å². The van der Waals surface area contributed by atoms with Crippen LogP contribution in [0, 0.1) is 0 Å². The van der Waals surface area contributed by atoms with Crippen molar-refractivity contribution >= 4 is 19.9 Å². The van der Waals surface area contributed by atoms with Gasteiger partial charge in [0.2, 0.25) is 10.0 Å². The van der Waals surface area contributed by atoms with E-state index in [2.05, 4.69) is 0 Å². The Hall–Kier alpha value is -0.920. The Morgan fingerprint density at radius 1 is 1.04 bits per heavy atom. The van der Waals surface area contributed by atoms with Gasteiger partial charge in [0.25, 0.3) is 0 Å². The second-order valence-corrected chi connectivity index (χ2v) is 11.3. The highest BCUT2D eigenvalue weighted by Gasteiger charge is 2.37. The lowest BCUT2D eigenvalue weighted by atomic mass is 9.84. The highest BCUT2D eigenvalue weighted by atomic mass is 32.2. The van der Waals surface area contributed by atoms with Gasteiger partial charge in [-0.05, 0) is 42.9 Å². The summed E-state index contributed by atoms with van der Waals surface area (Å²) in [7, 11) is -6.78. The van der Waals surface area contributed by atoms with Gasteiger partial charge in [-0.2, -0.15) is 4.31 Å². The standard InChI is InChI=1S/C18H27NO4S2/c1-2-19(17-12-13-24(20,21)14-17)25(22,23)18-10-8-16(9-11-18)15-6-4-3-5-7-15/h8-11,15,17H,2-7,12-14H2,1H3/t17-/m0/s1. The van der Waals surface area contributed by atoms with E-state index in [-0.39, 0.29) is 22.9 Å². The first-order chi connectivity index (χ1) is 11.8. The van der Waals surface area contributed by atoms with Crippen LogP contribution in [0.25, 0.3) is 0 Å². The maximum Gasteiger partial charge on any atom is 0.243 e. The minimum Gasteiger partial charge on any atom is -0.229 e. The minimum atomic E-state index is -3.66. The van der Waals surface area contributed by atoms with Crippen LogP contribution in [0.5, 0.6) is 0 Å². The summed E-state index contributed by atoms with van der Waals surface area (Å²) < 4.78 is 50.8. The Morgan fingerprint density at radius 2 is 1.68 bits per heavy atom. The van der Waals surface area contributed by atoms with E-state index >= 15 is 0 Å². The van der Waals surface area contributed by atoms with E-state index in [1.807, 2.05) is 12.1 Å². The average Bonchev–Trinajstić information content (AvgIpc) is 2.96. The zero-order chi connectivity index (χ0) is 18.1. The molecule has 3 rings (SSSR count). The highest BCUT2D eigenvalue weighted by Crippen LogP contribution is 2.33. The Bertz CT molecular complexity index is 794. The van der Waals surface area contributed by atoms with Crippen LogP contribution in [0.4, 0.5) is 0 Å². The largest absolute Gasteiger partial charge is 0.243 e. The Balaban J connectivity index is 1.81. The van der Waals surface area contributed by atoms with Crippen molar-refractivity contribution in [2.75, 3.05) is 18.1 Å². The second kappa shape index (κ2) is 7.37. The Labute approximate surface area is 151 Å². The van der Waals surface area contributed by atoms with E-state index in [4.69, 9.17) is 0 Å². The summed E-state index contributed by atoms with van der Waals surface area (Å²) in [5, 5.41) is 0. The predicted molar refractivity (Wildman–Crippen MR) is 98.9 cm³/mol. The third kappa shape index (κ3) is 4.09. The molecule has 1 aliphatic heterocycles. The summed E-state index contributed by atoms with van der Waals surface area (Å²) in [6.45, 7) is 2.05. The second-order valence-electron chi connectivity index (χ2n) is 7.17. The molecule has 1 saturated carbocycles. The zero-order valence-corrected chi connectivity index (χ0v) is 16.4. The molecule has 140 valence electrons. The van der Waals surface area contributed by atoms with Gasteiger partial charge in [-0.15, -0.1) is 0 Å². The number of hydrogen-bond donors (Lipinski definition) is 0. The first kappa shape index (κ1) is 18.9. The molecular formula is C18H27NO4S2. The topological polar surface area (TPSA) is 71.5 Å². The van der Waals surface area contributed by atoms with Crippen molar-refractivity contribution in [1.29, 1.82) is 0 Å². The van der Waals surface area contributed by atoms with Crippen molar-refractivity contribution in [2.45, 2.75) is 62.3 Å². The van der Waals surface area contributed by atoms with Gasteiger partial charge >= 0.3 is 0 Å². The van der Waals surface area contributed by atoms with E-state index in [9.17, 15) is 16.8 Å². The molecular weight excluding hydrogens is 358 g/mol. The van der Waals surface area contributed by atoms with Crippen LogP contribution in [-0.2, 0) is 19.9 Å². The van der Waals surface area contributed by atoms with E-state index in [1.54, 1.807) is 19.1 Å². The van der Waals surface area contributed by atoms with Gasteiger partial charge in [-0.3, -0.25) is 0 Å². The molecule has 7 heteroatoms. The first-order valence-electron chi connectivity index (χ1n) is 9.16. The van der Waals surface area contributed by atoms with Crippen LogP contribution < -0.4 is 0 Å². The molecule has 0 aromatic heterocycles. The monoisotopic (exact) mass is 385 g/mol. The van der Waals surface area contributed by atoms with Crippen molar-refractivity contribution in [3.8, 4) is 0 Å². The van der Waals surface area contributed by atoms with E-state index in [1.165, 1.54) is 42.0 Å². The lowest BCUT2D eigenvalue weighted by molar-refractivity contribution is 0.354. The van der Waals surface area contributed by atoms with Gasteiger partial charge in [0, 0.05) is 12.6 Å². The van der Waals surface area contributed by atoms with Crippen molar-refractivity contribution in [2.24, 2.45) is 0 Å². The third-order valence-electron chi connectivity index (χ3n) is 5.49. The van der Waals surface area contributed by atoms with Crippen LogP contribution in [0.3, 0.4) is 0 Å². The van der Waals surface area contributed by atoms with Gasteiger partial charge in [0.15, 0.2) is 9.84 Å². The Morgan fingerprint density at radius 3 is 2.20 bits per heavy atom. The summed E-state index contributed by atoms with van der Waals surface area (Å²) in [4.78, 5) is 0.262. The van der Waals surface area contributed by atoms with Crippen molar-refractivity contribution in [3.05, 3.63) is 29.8 Å². The molecule has 1 aromatic carbocycles. The molecule has 0 unspecified atom stereocenters. The number of nitrogens with zero attached hydrogens (tertiary/aromatic N) is 1. The SMILES string of the molecule is CCN([C@H]1CCS(=O)(=O)C1)S(=O)(=O)c1ccc(C2CCCCC2)cc1. The van der Waals surface area contributed by atoms with E-state index < -0.39 is 25.9 Å². The summed E-state index contributed by atoms with van der Waals surface area (Å²) in [5.41, 5.74) is 1.21. The fourth-order valence-corrected chi connectivity index (χ4v) is 7.60. The zero-order valence-electron chi connectivity index (χ0n) is 14.7. The van der Waals surface area contributed by atoms with Gasteiger partial charge in [0.05, 0.1) is 16.4 Å². The summed E-state index contributed by atoms with van der Waals surface area (Å²) in [6.07, 6.45) is 6.50. The molecule has 1 aliphatic carbocycles. The molecule has 0 bridgehead atoms. The average molecular weight is 386 g/mol. The van der Waals surface area contributed by atoms with Gasteiger partial charge in [0.1, 0.15) is 0 Å². The van der Waals surface area contributed by atoms with Crippen molar-refractivity contribution < 1.29 is 16.8 Å². The quantitative estimate of drug-likeness (QED) is 0.781. The maximum absolute atomic E-state index is 13.0. The van der Waals surface area contributed by atoms with Gasteiger partial charge in [-0.25, -0.2) is 16.8 Å². The molecule has 0 spiro atoms. The fraction of sp³-hybridized carbons (Fsp3) is 0.667. The maximum atomic E-state index is 13.0. The highest BCUT2D eigenvalue weighted by molar-refractivity contribution is 7.92. The van der Waals surface area contributed by atoms with Crippen LogP contribution in [0.2, 0.25) is 0 Å². The summed E-state index contributed by atoms with van der Waals surface area (Å²) in [5.74, 6) is 0.539. The molecule has 25 heavy (non-hydrogen) atoms. The molecule has 1 saturated heterocycles.